The van der Waals surface area contributed by atoms with Gasteiger partial charge in [0, 0.05) is 11.9 Å². The molecule has 25 heavy (non-hydrogen) atoms. The van der Waals surface area contributed by atoms with Gasteiger partial charge in [0.2, 0.25) is 0 Å². The highest BCUT2D eigenvalue weighted by Crippen LogP contribution is 2.29. The van der Waals surface area contributed by atoms with Gasteiger partial charge in [0.25, 0.3) is 5.56 Å². The first-order chi connectivity index (χ1) is 11.8. The molecule has 0 aliphatic rings. The topological polar surface area (TPSA) is 70.7 Å². The Bertz CT molecular complexity index is 977. The average Bonchev–Trinajstić information content (AvgIpc) is 2.57. The van der Waals surface area contributed by atoms with E-state index in [-0.39, 0.29) is 11.0 Å². The van der Waals surface area contributed by atoms with Crippen LogP contribution >= 0.6 is 23.4 Å². The van der Waals surface area contributed by atoms with Crippen molar-refractivity contribution in [3.63, 3.8) is 0 Å². The van der Waals surface area contributed by atoms with Crippen LogP contribution in [-0.2, 0) is 5.41 Å². The van der Waals surface area contributed by atoms with E-state index in [0.717, 1.165) is 5.69 Å². The van der Waals surface area contributed by atoms with Crippen molar-refractivity contribution >= 4 is 45.8 Å². The van der Waals surface area contributed by atoms with Gasteiger partial charge < -0.3 is 10.3 Å². The highest BCUT2D eigenvalue weighted by Gasteiger charge is 2.15. The van der Waals surface area contributed by atoms with Crippen molar-refractivity contribution in [3.8, 4) is 0 Å². The molecule has 7 heteroatoms. The Morgan fingerprint density at radius 1 is 1.16 bits per heavy atom. The zero-order valence-electron chi connectivity index (χ0n) is 14.5. The number of benzene rings is 1. The monoisotopic (exact) mass is 374 g/mol. The Hall–Kier alpha value is -2.05. The molecule has 3 rings (SSSR count). The quantitative estimate of drug-likeness (QED) is 0.512. The van der Waals surface area contributed by atoms with Crippen molar-refractivity contribution in [1.29, 1.82) is 0 Å². The molecule has 0 saturated heterocycles. The maximum atomic E-state index is 12.3. The lowest BCUT2D eigenvalue weighted by atomic mass is 9.87. The average molecular weight is 375 g/mol. The molecule has 0 amide bonds. The van der Waals surface area contributed by atoms with E-state index in [9.17, 15) is 4.79 Å². The van der Waals surface area contributed by atoms with Crippen LogP contribution in [0.3, 0.4) is 0 Å². The number of aromatic nitrogens is 3. The van der Waals surface area contributed by atoms with E-state index in [2.05, 4.69) is 53.2 Å². The van der Waals surface area contributed by atoms with Gasteiger partial charge in [-0.3, -0.25) is 4.79 Å². The normalized spacial score (nSPS) is 11.7. The highest BCUT2D eigenvalue weighted by molar-refractivity contribution is 7.98. The van der Waals surface area contributed by atoms with Gasteiger partial charge in [0.15, 0.2) is 5.16 Å². The van der Waals surface area contributed by atoms with Gasteiger partial charge >= 0.3 is 0 Å². The SMILES string of the molecule is CSc1nc(Nc2ccc(C(C)(C)C)cc2)c2c(=O)[nH]cc(Cl)c2n1. The molecule has 0 radical (unpaired) electrons. The van der Waals surface area contributed by atoms with Crippen LogP contribution in [0.4, 0.5) is 11.5 Å². The number of nitrogens with zero attached hydrogens (tertiary/aromatic N) is 2. The first-order valence-corrected chi connectivity index (χ1v) is 9.40. The second-order valence-corrected chi connectivity index (χ2v) is 7.88. The molecule has 0 atom stereocenters. The highest BCUT2D eigenvalue weighted by atomic mass is 35.5. The molecular formula is C18H19ClN4OS. The minimum Gasteiger partial charge on any atom is -0.339 e. The first-order valence-electron chi connectivity index (χ1n) is 7.80. The van der Waals surface area contributed by atoms with Crippen LogP contribution in [0.1, 0.15) is 26.3 Å². The van der Waals surface area contributed by atoms with Crippen LogP contribution in [0.15, 0.2) is 40.4 Å². The van der Waals surface area contributed by atoms with Gasteiger partial charge in [-0.25, -0.2) is 9.97 Å². The molecule has 2 N–H and O–H groups in total. The summed E-state index contributed by atoms with van der Waals surface area (Å²) in [7, 11) is 0. The molecule has 2 aromatic heterocycles. The zero-order valence-corrected chi connectivity index (χ0v) is 16.0. The number of anilines is 2. The molecular weight excluding hydrogens is 356 g/mol. The summed E-state index contributed by atoms with van der Waals surface area (Å²) in [6, 6.07) is 8.09. The van der Waals surface area contributed by atoms with Gasteiger partial charge in [-0.1, -0.05) is 56.3 Å². The minimum atomic E-state index is -0.277. The Morgan fingerprint density at radius 2 is 1.84 bits per heavy atom. The minimum absolute atomic E-state index is 0.0802. The molecule has 0 spiro atoms. The van der Waals surface area contributed by atoms with Gasteiger partial charge in [-0.2, -0.15) is 0 Å². The van der Waals surface area contributed by atoms with Crippen LogP contribution in [0, 0.1) is 0 Å². The number of hydrogen-bond acceptors (Lipinski definition) is 5. The molecule has 0 unspecified atom stereocenters. The van der Waals surface area contributed by atoms with Crippen molar-refractivity contribution in [2.24, 2.45) is 0 Å². The summed E-state index contributed by atoms with van der Waals surface area (Å²) >= 11 is 7.60. The summed E-state index contributed by atoms with van der Waals surface area (Å²) < 4.78 is 0. The lowest BCUT2D eigenvalue weighted by molar-refractivity contribution is 0.590. The second kappa shape index (κ2) is 6.69. The third-order valence-corrected chi connectivity index (χ3v) is 4.70. The molecule has 3 aromatic rings. The maximum Gasteiger partial charge on any atom is 0.261 e. The number of rotatable bonds is 3. The van der Waals surface area contributed by atoms with E-state index in [0.29, 0.717) is 26.9 Å². The Balaban J connectivity index is 2.09. The first kappa shape index (κ1) is 17.8. The number of fused-ring (bicyclic) bond motifs is 1. The molecule has 0 fully saturated rings. The third-order valence-electron chi connectivity index (χ3n) is 3.87. The summed E-state index contributed by atoms with van der Waals surface area (Å²) in [5, 5.41) is 4.51. The van der Waals surface area contributed by atoms with Crippen LogP contribution < -0.4 is 10.9 Å². The van der Waals surface area contributed by atoms with Crippen LogP contribution in [0.25, 0.3) is 10.9 Å². The van der Waals surface area contributed by atoms with Crippen LogP contribution in [-0.4, -0.2) is 21.2 Å². The van der Waals surface area contributed by atoms with Crippen LogP contribution in [0.5, 0.6) is 0 Å². The molecule has 0 aliphatic carbocycles. The van der Waals surface area contributed by atoms with Crippen molar-refractivity contribution in [2.75, 3.05) is 11.6 Å². The second-order valence-electron chi connectivity index (χ2n) is 6.70. The van der Waals surface area contributed by atoms with E-state index in [1.807, 2.05) is 18.4 Å². The molecule has 0 saturated carbocycles. The molecule has 130 valence electrons. The van der Waals surface area contributed by atoms with Crippen LogP contribution in [0.2, 0.25) is 5.02 Å². The van der Waals surface area contributed by atoms with Gasteiger partial charge in [0.1, 0.15) is 16.7 Å². The van der Waals surface area contributed by atoms with Crippen molar-refractivity contribution in [3.05, 3.63) is 51.4 Å². The van der Waals surface area contributed by atoms with Gasteiger partial charge in [0.05, 0.1) is 5.02 Å². The summed E-state index contributed by atoms with van der Waals surface area (Å²) in [6.07, 6.45) is 3.33. The van der Waals surface area contributed by atoms with Crippen molar-refractivity contribution < 1.29 is 0 Å². The number of pyridine rings is 1. The number of hydrogen-bond donors (Lipinski definition) is 2. The lowest BCUT2D eigenvalue weighted by Gasteiger charge is -2.19. The largest absolute Gasteiger partial charge is 0.339 e. The smallest absolute Gasteiger partial charge is 0.261 e. The summed E-state index contributed by atoms with van der Waals surface area (Å²) in [6.45, 7) is 6.50. The third kappa shape index (κ3) is 3.65. The number of H-pyrrole nitrogens is 1. The predicted molar refractivity (Wildman–Crippen MR) is 105 cm³/mol. The number of nitrogens with one attached hydrogen (secondary N) is 2. The number of thioether (sulfide) groups is 1. The standard InChI is InChI=1S/C18H19ClN4OS/c1-18(2,3)10-5-7-11(8-6-10)21-15-13-14(22-17(23-15)25-4)12(19)9-20-16(13)24/h5-9H,1-4H3,(H,20,24)(H,21,22,23). The molecule has 1 aromatic carbocycles. The number of halogens is 1. The van der Waals surface area contributed by atoms with E-state index < -0.39 is 0 Å². The predicted octanol–water partition coefficient (Wildman–Crippen LogP) is 4.73. The lowest BCUT2D eigenvalue weighted by Crippen LogP contribution is -2.12. The zero-order chi connectivity index (χ0) is 18.2. The Labute approximate surface area is 155 Å². The summed E-state index contributed by atoms with van der Waals surface area (Å²) in [4.78, 5) is 23.7. The van der Waals surface area contributed by atoms with E-state index in [1.54, 1.807) is 0 Å². The van der Waals surface area contributed by atoms with Gasteiger partial charge in [-0.05, 0) is 29.4 Å². The Kier molecular flexibility index (Phi) is 4.75. The molecule has 0 aliphatic heterocycles. The summed E-state index contributed by atoms with van der Waals surface area (Å²) in [5.41, 5.74) is 2.33. The van der Waals surface area contributed by atoms with E-state index in [1.165, 1.54) is 23.5 Å². The van der Waals surface area contributed by atoms with E-state index in [4.69, 9.17) is 11.6 Å². The molecule has 5 nitrogen and oxygen atoms in total. The molecule has 2 heterocycles. The summed E-state index contributed by atoms with van der Waals surface area (Å²) in [5.74, 6) is 0.446. The fourth-order valence-corrected chi connectivity index (χ4v) is 3.03. The van der Waals surface area contributed by atoms with Gasteiger partial charge in [-0.15, -0.1) is 0 Å². The number of aromatic amines is 1. The Morgan fingerprint density at radius 3 is 2.44 bits per heavy atom. The fraction of sp³-hybridized carbons (Fsp3) is 0.278. The van der Waals surface area contributed by atoms with Crippen molar-refractivity contribution in [1.82, 2.24) is 15.0 Å². The molecule has 0 bridgehead atoms. The fourth-order valence-electron chi connectivity index (χ4n) is 2.47. The van der Waals surface area contributed by atoms with E-state index >= 15 is 0 Å². The van der Waals surface area contributed by atoms with Crippen molar-refractivity contribution in [2.45, 2.75) is 31.3 Å². The maximum absolute atomic E-state index is 12.3.